The van der Waals surface area contributed by atoms with Crippen molar-refractivity contribution in [1.29, 1.82) is 0 Å². The monoisotopic (exact) mass is 220 g/mol. The van der Waals surface area contributed by atoms with Gasteiger partial charge in [0.1, 0.15) is 0 Å². The molecular formula is C13H16O3. The van der Waals surface area contributed by atoms with Gasteiger partial charge in [-0.1, -0.05) is 12.1 Å². The number of benzene rings is 1. The molecule has 0 aliphatic heterocycles. The Morgan fingerprint density at radius 2 is 1.81 bits per heavy atom. The van der Waals surface area contributed by atoms with E-state index in [2.05, 4.69) is 0 Å². The van der Waals surface area contributed by atoms with E-state index in [1.165, 1.54) is 0 Å². The maximum Gasteiger partial charge on any atom is 0.303 e. The van der Waals surface area contributed by atoms with Gasteiger partial charge in [0.25, 0.3) is 0 Å². The zero-order valence-electron chi connectivity index (χ0n) is 9.62. The zero-order valence-corrected chi connectivity index (χ0v) is 9.62. The van der Waals surface area contributed by atoms with Gasteiger partial charge in [-0.25, -0.2) is 0 Å². The van der Waals surface area contributed by atoms with Gasteiger partial charge in [-0.05, 0) is 37.5 Å². The number of carboxylic acid groups (broad SMARTS) is 1. The second-order valence-electron chi connectivity index (χ2n) is 3.97. The largest absolute Gasteiger partial charge is 0.481 e. The number of aliphatic carboxylic acids is 1. The fourth-order valence-corrected chi connectivity index (χ4v) is 1.46. The summed E-state index contributed by atoms with van der Waals surface area (Å²) in [5.74, 6) is -0.836. The number of rotatable bonds is 5. The molecule has 1 rings (SSSR count). The number of carbonyl (C=O) groups is 2. The molecule has 0 spiro atoms. The second-order valence-corrected chi connectivity index (χ2v) is 3.97. The lowest BCUT2D eigenvalue weighted by molar-refractivity contribution is -0.137. The Morgan fingerprint density at radius 1 is 1.12 bits per heavy atom. The van der Waals surface area contributed by atoms with Crippen molar-refractivity contribution in [3.63, 3.8) is 0 Å². The van der Waals surface area contributed by atoms with Crippen molar-refractivity contribution in [2.45, 2.75) is 33.1 Å². The van der Waals surface area contributed by atoms with Gasteiger partial charge in [-0.15, -0.1) is 0 Å². The summed E-state index contributed by atoms with van der Waals surface area (Å²) in [5, 5.41) is 8.47. The van der Waals surface area contributed by atoms with E-state index in [-0.39, 0.29) is 12.2 Å². The van der Waals surface area contributed by atoms with Crippen molar-refractivity contribution < 1.29 is 14.7 Å². The Balaban J connectivity index is 2.59. The first-order valence-electron chi connectivity index (χ1n) is 5.33. The van der Waals surface area contributed by atoms with Crippen molar-refractivity contribution >= 4 is 11.8 Å². The molecule has 3 heteroatoms. The molecule has 0 fully saturated rings. The van der Waals surface area contributed by atoms with Crippen LogP contribution >= 0.6 is 0 Å². The standard InChI is InChI=1S/C13H16O3/c1-9-6-7-11(8-10(9)2)12(14)4-3-5-13(15)16/h6-8H,3-5H2,1-2H3,(H,15,16). The van der Waals surface area contributed by atoms with Crippen LogP contribution in [0.1, 0.15) is 40.7 Å². The van der Waals surface area contributed by atoms with Gasteiger partial charge in [0.05, 0.1) is 0 Å². The lowest BCUT2D eigenvalue weighted by atomic mass is 10.0. The average molecular weight is 220 g/mol. The summed E-state index contributed by atoms with van der Waals surface area (Å²) in [7, 11) is 0. The highest BCUT2D eigenvalue weighted by molar-refractivity contribution is 5.96. The summed E-state index contributed by atoms with van der Waals surface area (Å²) in [5.41, 5.74) is 2.92. The lowest BCUT2D eigenvalue weighted by Gasteiger charge is -2.04. The number of Topliss-reactive ketones (excluding diaryl/α,β-unsaturated/α-hetero) is 1. The molecule has 0 amide bonds. The fourth-order valence-electron chi connectivity index (χ4n) is 1.46. The van der Waals surface area contributed by atoms with Crippen molar-refractivity contribution in [3.05, 3.63) is 34.9 Å². The first-order valence-corrected chi connectivity index (χ1v) is 5.33. The van der Waals surface area contributed by atoms with Crippen molar-refractivity contribution in [3.8, 4) is 0 Å². The van der Waals surface area contributed by atoms with Gasteiger partial charge < -0.3 is 5.11 Å². The number of carboxylic acids is 1. The SMILES string of the molecule is Cc1ccc(C(=O)CCCC(=O)O)cc1C. The number of ketones is 1. The summed E-state index contributed by atoms with van der Waals surface area (Å²) in [4.78, 5) is 22.0. The molecule has 0 bridgehead atoms. The summed E-state index contributed by atoms with van der Waals surface area (Å²) in [6, 6.07) is 5.57. The van der Waals surface area contributed by atoms with Crippen molar-refractivity contribution in [2.24, 2.45) is 0 Å². The molecule has 0 saturated carbocycles. The third kappa shape index (κ3) is 3.50. The summed E-state index contributed by atoms with van der Waals surface area (Å²) in [6.07, 6.45) is 0.756. The highest BCUT2D eigenvalue weighted by atomic mass is 16.4. The van der Waals surface area contributed by atoms with Gasteiger partial charge in [0.2, 0.25) is 0 Å². The molecule has 16 heavy (non-hydrogen) atoms. The minimum atomic E-state index is -0.854. The van der Waals surface area contributed by atoms with Crippen LogP contribution in [0.25, 0.3) is 0 Å². The van der Waals surface area contributed by atoms with Crippen molar-refractivity contribution in [1.82, 2.24) is 0 Å². The fraction of sp³-hybridized carbons (Fsp3) is 0.385. The van der Waals surface area contributed by atoms with E-state index >= 15 is 0 Å². The summed E-state index contributed by atoms with van der Waals surface area (Å²) < 4.78 is 0. The predicted molar refractivity (Wildman–Crippen MR) is 61.7 cm³/mol. The zero-order chi connectivity index (χ0) is 12.1. The molecule has 0 aliphatic carbocycles. The summed E-state index contributed by atoms with van der Waals surface area (Å²) >= 11 is 0. The molecule has 86 valence electrons. The predicted octanol–water partition coefficient (Wildman–Crippen LogP) is 2.74. The number of hydrogen-bond donors (Lipinski definition) is 1. The minimum Gasteiger partial charge on any atom is -0.481 e. The Labute approximate surface area is 95.1 Å². The van der Waals surface area contributed by atoms with Gasteiger partial charge in [0.15, 0.2) is 5.78 Å². The first-order chi connectivity index (χ1) is 7.50. The third-order valence-corrected chi connectivity index (χ3v) is 2.62. The Hall–Kier alpha value is -1.64. The molecular weight excluding hydrogens is 204 g/mol. The topological polar surface area (TPSA) is 54.4 Å². The molecule has 0 aromatic heterocycles. The van der Waals surface area contributed by atoms with Crippen LogP contribution in [-0.2, 0) is 4.79 Å². The first kappa shape index (κ1) is 12.4. The molecule has 1 N–H and O–H groups in total. The molecule has 0 atom stereocenters. The molecule has 1 aromatic carbocycles. The Kier molecular flexibility index (Phi) is 4.23. The molecule has 3 nitrogen and oxygen atoms in total. The van der Waals surface area contributed by atoms with Crippen LogP contribution in [0.4, 0.5) is 0 Å². The molecule has 0 heterocycles. The smallest absolute Gasteiger partial charge is 0.303 e. The lowest BCUT2D eigenvalue weighted by Crippen LogP contribution is -2.02. The normalized spacial score (nSPS) is 10.1. The number of aryl methyl sites for hydroxylation is 2. The second kappa shape index (κ2) is 5.45. The third-order valence-electron chi connectivity index (χ3n) is 2.62. The average Bonchev–Trinajstić information content (AvgIpc) is 2.21. The quantitative estimate of drug-likeness (QED) is 0.776. The van der Waals surface area contributed by atoms with Crippen LogP contribution in [0.3, 0.4) is 0 Å². The number of carbonyl (C=O) groups excluding carboxylic acids is 1. The van der Waals surface area contributed by atoms with Crippen LogP contribution in [0.15, 0.2) is 18.2 Å². The maximum atomic E-state index is 11.7. The summed E-state index contributed by atoms with van der Waals surface area (Å²) in [6.45, 7) is 3.96. The highest BCUT2D eigenvalue weighted by Gasteiger charge is 2.07. The number of hydrogen-bond acceptors (Lipinski definition) is 2. The van der Waals surface area contributed by atoms with E-state index < -0.39 is 5.97 Å². The Bertz CT molecular complexity index is 408. The van der Waals surface area contributed by atoms with Gasteiger partial charge in [-0.3, -0.25) is 9.59 Å². The molecule has 1 aromatic rings. The van der Waals surface area contributed by atoms with Crippen LogP contribution in [0.5, 0.6) is 0 Å². The van der Waals surface area contributed by atoms with Gasteiger partial charge in [-0.2, -0.15) is 0 Å². The van der Waals surface area contributed by atoms with Crippen LogP contribution in [-0.4, -0.2) is 16.9 Å². The van der Waals surface area contributed by atoms with E-state index in [1.807, 2.05) is 26.0 Å². The van der Waals surface area contributed by atoms with Gasteiger partial charge in [0, 0.05) is 18.4 Å². The van der Waals surface area contributed by atoms with E-state index in [9.17, 15) is 9.59 Å². The molecule has 0 unspecified atom stereocenters. The van der Waals surface area contributed by atoms with E-state index in [1.54, 1.807) is 6.07 Å². The maximum absolute atomic E-state index is 11.7. The van der Waals surface area contributed by atoms with Gasteiger partial charge >= 0.3 is 5.97 Å². The molecule has 0 saturated heterocycles. The Morgan fingerprint density at radius 3 is 2.38 bits per heavy atom. The van der Waals surface area contributed by atoms with Crippen molar-refractivity contribution in [2.75, 3.05) is 0 Å². The van der Waals surface area contributed by atoms with Crippen LogP contribution < -0.4 is 0 Å². The minimum absolute atomic E-state index is 0.0179. The van der Waals surface area contributed by atoms with E-state index in [0.717, 1.165) is 11.1 Å². The molecule has 0 radical (unpaired) electrons. The van der Waals surface area contributed by atoms with Crippen LogP contribution in [0, 0.1) is 13.8 Å². The van der Waals surface area contributed by atoms with E-state index in [0.29, 0.717) is 18.4 Å². The van der Waals surface area contributed by atoms with Crippen LogP contribution in [0.2, 0.25) is 0 Å². The van der Waals surface area contributed by atoms with E-state index in [4.69, 9.17) is 5.11 Å². The highest BCUT2D eigenvalue weighted by Crippen LogP contribution is 2.12. The molecule has 0 aliphatic rings.